The Morgan fingerprint density at radius 2 is 2.11 bits per heavy atom. The third-order valence-corrected chi connectivity index (χ3v) is 3.71. The third-order valence-electron chi connectivity index (χ3n) is 3.42. The molecule has 0 heterocycles. The highest BCUT2D eigenvalue weighted by molar-refractivity contribution is 6.30. The van der Waals surface area contributed by atoms with Crippen LogP contribution in [-0.4, -0.2) is 11.4 Å². The summed E-state index contributed by atoms with van der Waals surface area (Å²) in [5.41, 5.74) is 5.59. The Labute approximate surface area is 111 Å². The predicted octanol–water partition coefficient (Wildman–Crippen LogP) is 2.37. The Morgan fingerprint density at radius 3 is 2.78 bits per heavy atom. The van der Waals surface area contributed by atoms with Crippen molar-refractivity contribution in [1.82, 2.24) is 5.32 Å². The van der Waals surface area contributed by atoms with E-state index in [-0.39, 0.29) is 17.5 Å². The van der Waals surface area contributed by atoms with Gasteiger partial charge in [-0.2, -0.15) is 0 Å². The molecule has 0 spiro atoms. The minimum Gasteiger partial charge on any atom is -0.350 e. The van der Waals surface area contributed by atoms with Gasteiger partial charge in [-0.1, -0.05) is 36.6 Å². The average Bonchev–Trinajstić information content (AvgIpc) is 2.79. The molecule has 5 heteroatoms. The lowest BCUT2D eigenvalue weighted by atomic mass is 9.98. The van der Waals surface area contributed by atoms with Crippen LogP contribution in [0.3, 0.4) is 0 Å². The van der Waals surface area contributed by atoms with E-state index in [1.54, 1.807) is 12.1 Å². The normalized spacial score (nSPS) is 17.7. The highest BCUT2D eigenvalue weighted by atomic mass is 35.5. The molecule has 1 aromatic carbocycles. The summed E-state index contributed by atoms with van der Waals surface area (Å²) >= 11 is 5.67. The van der Waals surface area contributed by atoms with Gasteiger partial charge in [-0.3, -0.25) is 4.79 Å². The van der Waals surface area contributed by atoms with Gasteiger partial charge in [0.2, 0.25) is 5.91 Å². The highest BCUT2D eigenvalue weighted by Crippen LogP contribution is 2.27. The van der Waals surface area contributed by atoms with Crippen molar-refractivity contribution in [3.63, 3.8) is 0 Å². The number of benzene rings is 1. The van der Waals surface area contributed by atoms with E-state index in [9.17, 15) is 9.18 Å². The summed E-state index contributed by atoms with van der Waals surface area (Å²) in [5, 5.41) is 2.75. The summed E-state index contributed by atoms with van der Waals surface area (Å²) in [6.07, 6.45) is 3.32. The fourth-order valence-corrected chi connectivity index (χ4v) is 2.46. The van der Waals surface area contributed by atoms with Gasteiger partial charge in [0.15, 0.2) is 0 Å². The van der Waals surface area contributed by atoms with Crippen LogP contribution in [0.2, 0.25) is 5.02 Å². The molecule has 0 atom stereocenters. The van der Waals surface area contributed by atoms with E-state index in [4.69, 9.17) is 17.3 Å². The summed E-state index contributed by atoms with van der Waals surface area (Å²) in [4.78, 5) is 11.9. The van der Waals surface area contributed by atoms with Crippen LogP contribution in [-0.2, 0) is 11.3 Å². The minimum atomic E-state index is -0.783. The van der Waals surface area contributed by atoms with Crippen molar-refractivity contribution < 1.29 is 9.18 Å². The van der Waals surface area contributed by atoms with Gasteiger partial charge in [-0.05, 0) is 18.9 Å². The maximum Gasteiger partial charge on any atom is 0.240 e. The molecule has 0 aliphatic heterocycles. The second-order valence-electron chi connectivity index (χ2n) is 4.76. The highest BCUT2D eigenvalue weighted by Gasteiger charge is 2.36. The molecule has 1 saturated carbocycles. The summed E-state index contributed by atoms with van der Waals surface area (Å²) in [6, 6.07) is 4.73. The second kappa shape index (κ2) is 5.24. The molecule has 1 aliphatic carbocycles. The van der Waals surface area contributed by atoms with E-state index in [0.717, 1.165) is 12.8 Å². The lowest BCUT2D eigenvalue weighted by Gasteiger charge is -2.22. The molecule has 1 fully saturated rings. The van der Waals surface area contributed by atoms with Crippen molar-refractivity contribution in [1.29, 1.82) is 0 Å². The van der Waals surface area contributed by atoms with Gasteiger partial charge in [0.05, 0.1) is 10.6 Å². The molecule has 3 N–H and O–H groups in total. The van der Waals surface area contributed by atoms with Crippen LogP contribution in [0.25, 0.3) is 0 Å². The van der Waals surface area contributed by atoms with E-state index >= 15 is 0 Å². The van der Waals surface area contributed by atoms with Gasteiger partial charge in [0.25, 0.3) is 0 Å². The monoisotopic (exact) mass is 270 g/mol. The summed E-state index contributed by atoms with van der Waals surface area (Å²) in [5.74, 6) is -0.698. The van der Waals surface area contributed by atoms with Gasteiger partial charge in [-0.15, -0.1) is 0 Å². The van der Waals surface area contributed by atoms with Crippen molar-refractivity contribution in [2.24, 2.45) is 5.73 Å². The molecule has 1 aliphatic rings. The number of amides is 1. The molecule has 0 unspecified atom stereocenters. The molecular weight excluding hydrogens is 255 g/mol. The number of carbonyl (C=O) groups is 1. The van der Waals surface area contributed by atoms with Gasteiger partial charge in [0, 0.05) is 12.1 Å². The van der Waals surface area contributed by atoms with Crippen LogP contribution in [0.5, 0.6) is 0 Å². The van der Waals surface area contributed by atoms with Crippen LogP contribution in [0, 0.1) is 5.82 Å². The van der Waals surface area contributed by atoms with E-state index in [1.165, 1.54) is 6.07 Å². The van der Waals surface area contributed by atoms with Crippen molar-refractivity contribution in [2.45, 2.75) is 37.8 Å². The molecule has 1 amide bonds. The molecule has 0 bridgehead atoms. The van der Waals surface area contributed by atoms with Gasteiger partial charge in [0.1, 0.15) is 5.82 Å². The van der Waals surface area contributed by atoms with E-state index in [2.05, 4.69) is 5.32 Å². The van der Waals surface area contributed by atoms with Crippen molar-refractivity contribution >= 4 is 17.5 Å². The number of nitrogens with one attached hydrogen (secondary N) is 1. The molecule has 0 radical (unpaired) electrons. The molecule has 0 aromatic heterocycles. The van der Waals surface area contributed by atoms with E-state index in [1.807, 2.05) is 0 Å². The smallest absolute Gasteiger partial charge is 0.240 e. The Kier molecular flexibility index (Phi) is 3.88. The standard InChI is InChI=1S/C13H16ClFN2O/c14-10-5-3-4-9(11(10)15)8-17-12(18)13(16)6-1-2-7-13/h3-5H,1-2,6-8,16H2,(H,17,18). The SMILES string of the molecule is NC1(C(=O)NCc2cccc(Cl)c2F)CCCC1. The Hall–Kier alpha value is -1.13. The number of halogens is 2. The molecule has 18 heavy (non-hydrogen) atoms. The molecule has 1 aromatic rings. The first-order valence-electron chi connectivity index (χ1n) is 6.03. The molecule has 98 valence electrons. The molecule has 0 saturated heterocycles. The number of rotatable bonds is 3. The number of hydrogen-bond donors (Lipinski definition) is 2. The molecular formula is C13H16ClFN2O. The fraction of sp³-hybridized carbons (Fsp3) is 0.462. The van der Waals surface area contributed by atoms with Crippen molar-refractivity contribution in [3.05, 3.63) is 34.6 Å². The van der Waals surface area contributed by atoms with Gasteiger partial charge in [-0.25, -0.2) is 4.39 Å². The third kappa shape index (κ3) is 2.65. The Morgan fingerprint density at radius 1 is 1.44 bits per heavy atom. The number of hydrogen-bond acceptors (Lipinski definition) is 2. The van der Waals surface area contributed by atoms with Crippen LogP contribution >= 0.6 is 11.6 Å². The zero-order valence-electron chi connectivity index (χ0n) is 10.0. The van der Waals surface area contributed by atoms with E-state index < -0.39 is 11.4 Å². The molecule has 2 rings (SSSR count). The zero-order valence-corrected chi connectivity index (χ0v) is 10.8. The first-order chi connectivity index (χ1) is 8.53. The van der Waals surface area contributed by atoms with Crippen LogP contribution < -0.4 is 11.1 Å². The first kappa shape index (κ1) is 13.3. The number of carbonyl (C=O) groups excluding carboxylic acids is 1. The lowest BCUT2D eigenvalue weighted by molar-refractivity contribution is -0.126. The van der Waals surface area contributed by atoms with Gasteiger partial charge < -0.3 is 11.1 Å². The topological polar surface area (TPSA) is 55.1 Å². The summed E-state index contributed by atoms with van der Waals surface area (Å²) in [7, 11) is 0. The van der Waals surface area contributed by atoms with Crippen LogP contribution in [0.1, 0.15) is 31.2 Å². The van der Waals surface area contributed by atoms with Gasteiger partial charge >= 0.3 is 0 Å². The summed E-state index contributed by atoms with van der Waals surface area (Å²) < 4.78 is 13.6. The molecule has 3 nitrogen and oxygen atoms in total. The first-order valence-corrected chi connectivity index (χ1v) is 6.41. The predicted molar refractivity (Wildman–Crippen MR) is 68.6 cm³/mol. The quantitative estimate of drug-likeness (QED) is 0.886. The average molecular weight is 271 g/mol. The zero-order chi connectivity index (χ0) is 13.2. The van der Waals surface area contributed by atoms with Crippen molar-refractivity contribution in [3.8, 4) is 0 Å². The largest absolute Gasteiger partial charge is 0.350 e. The maximum atomic E-state index is 13.6. The lowest BCUT2D eigenvalue weighted by Crippen LogP contribution is -2.51. The summed E-state index contributed by atoms with van der Waals surface area (Å²) in [6.45, 7) is 0.115. The Bertz CT molecular complexity index is 458. The fourth-order valence-electron chi connectivity index (χ4n) is 2.27. The minimum absolute atomic E-state index is 0.0603. The van der Waals surface area contributed by atoms with Crippen molar-refractivity contribution in [2.75, 3.05) is 0 Å². The van der Waals surface area contributed by atoms with E-state index in [0.29, 0.717) is 18.4 Å². The maximum absolute atomic E-state index is 13.6. The van der Waals surface area contributed by atoms with Crippen LogP contribution in [0.4, 0.5) is 4.39 Å². The second-order valence-corrected chi connectivity index (χ2v) is 5.17. The van der Waals surface area contributed by atoms with Crippen LogP contribution in [0.15, 0.2) is 18.2 Å². The number of nitrogens with two attached hydrogens (primary N) is 1. The Balaban J connectivity index is 1.99.